The highest BCUT2D eigenvalue weighted by Gasteiger charge is 2.44. The molecule has 2 aromatic carbocycles. The maximum Gasteiger partial charge on any atom is 0.291 e. The standard InChI is InChI=1S/C22H17ClN2O6/c23-13-6-7-17-16(10-13)20(26)18-19(12-3-1-4-14(9-12)25(28)29)24(22(27)21(18)31-17)11-15-5-2-8-30-15/h1,3-4,6-7,9-10,15,19H,2,5,8,11H2. The van der Waals surface area contributed by atoms with Crippen molar-refractivity contribution in [2.45, 2.75) is 25.0 Å². The average molecular weight is 441 g/mol. The molecule has 0 saturated carbocycles. The normalized spacial score (nSPS) is 20.4. The van der Waals surface area contributed by atoms with Gasteiger partial charge >= 0.3 is 0 Å². The van der Waals surface area contributed by atoms with Gasteiger partial charge in [-0.25, -0.2) is 0 Å². The molecule has 2 atom stereocenters. The number of nitro groups is 1. The van der Waals surface area contributed by atoms with Crippen LogP contribution in [0.5, 0.6) is 0 Å². The molecule has 5 rings (SSSR count). The molecule has 1 aromatic heterocycles. The van der Waals surface area contributed by atoms with E-state index in [0.717, 1.165) is 12.8 Å². The zero-order chi connectivity index (χ0) is 21.7. The molecule has 9 heteroatoms. The summed E-state index contributed by atoms with van der Waals surface area (Å²) in [4.78, 5) is 39.1. The Kier molecular flexibility index (Phi) is 4.75. The summed E-state index contributed by atoms with van der Waals surface area (Å²) in [5, 5.41) is 12.0. The molecule has 2 unspecified atom stereocenters. The zero-order valence-corrected chi connectivity index (χ0v) is 17.0. The Morgan fingerprint density at radius 2 is 2.03 bits per heavy atom. The van der Waals surface area contributed by atoms with E-state index in [-0.39, 0.29) is 46.1 Å². The molecule has 0 N–H and O–H groups in total. The van der Waals surface area contributed by atoms with Gasteiger partial charge in [-0.1, -0.05) is 23.7 Å². The monoisotopic (exact) mass is 440 g/mol. The molecule has 1 saturated heterocycles. The third-order valence-corrected chi connectivity index (χ3v) is 5.98. The molecule has 1 fully saturated rings. The first-order valence-electron chi connectivity index (χ1n) is 9.87. The number of nitrogens with zero attached hydrogens (tertiary/aromatic N) is 2. The fraction of sp³-hybridized carbons (Fsp3) is 0.273. The Balaban J connectivity index is 1.72. The lowest BCUT2D eigenvalue weighted by atomic mass is 9.98. The average Bonchev–Trinajstić information content (AvgIpc) is 3.36. The third-order valence-electron chi connectivity index (χ3n) is 5.75. The topological polar surface area (TPSA) is 103 Å². The number of halogens is 1. The first-order chi connectivity index (χ1) is 14.9. The summed E-state index contributed by atoms with van der Waals surface area (Å²) in [6, 6.07) is 9.79. The largest absolute Gasteiger partial charge is 0.450 e. The van der Waals surface area contributed by atoms with Crippen molar-refractivity contribution in [3.8, 4) is 0 Å². The van der Waals surface area contributed by atoms with E-state index in [1.807, 2.05) is 0 Å². The fourth-order valence-electron chi connectivity index (χ4n) is 4.34. The highest BCUT2D eigenvalue weighted by atomic mass is 35.5. The highest BCUT2D eigenvalue weighted by Crippen LogP contribution is 2.39. The first-order valence-corrected chi connectivity index (χ1v) is 10.2. The number of carbonyl (C=O) groups is 1. The minimum absolute atomic E-state index is 0.0469. The van der Waals surface area contributed by atoms with Crippen molar-refractivity contribution in [3.63, 3.8) is 0 Å². The van der Waals surface area contributed by atoms with Crippen LogP contribution in [-0.2, 0) is 4.74 Å². The van der Waals surface area contributed by atoms with Gasteiger partial charge in [-0.2, -0.15) is 0 Å². The highest BCUT2D eigenvalue weighted by molar-refractivity contribution is 6.31. The number of benzene rings is 2. The van der Waals surface area contributed by atoms with Gasteiger partial charge in [0, 0.05) is 30.3 Å². The molecule has 31 heavy (non-hydrogen) atoms. The van der Waals surface area contributed by atoms with Crippen molar-refractivity contribution in [1.29, 1.82) is 0 Å². The van der Waals surface area contributed by atoms with Crippen molar-refractivity contribution >= 4 is 34.2 Å². The van der Waals surface area contributed by atoms with E-state index in [9.17, 15) is 19.7 Å². The zero-order valence-electron chi connectivity index (χ0n) is 16.2. The summed E-state index contributed by atoms with van der Waals surface area (Å²) in [5.74, 6) is -0.481. The fourth-order valence-corrected chi connectivity index (χ4v) is 4.52. The maximum absolute atomic E-state index is 13.4. The Bertz CT molecular complexity index is 1280. The molecule has 1 amide bonds. The summed E-state index contributed by atoms with van der Waals surface area (Å²) >= 11 is 6.07. The molecule has 0 spiro atoms. The van der Waals surface area contributed by atoms with Crippen LogP contribution in [0.1, 0.15) is 40.6 Å². The predicted molar refractivity (Wildman–Crippen MR) is 112 cm³/mol. The first kappa shape index (κ1) is 19.7. The van der Waals surface area contributed by atoms with E-state index in [1.54, 1.807) is 24.3 Å². The van der Waals surface area contributed by atoms with Crippen molar-refractivity contribution in [2.24, 2.45) is 0 Å². The van der Waals surface area contributed by atoms with Crippen LogP contribution < -0.4 is 5.43 Å². The summed E-state index contributed by atoms with van der Waals surface area (Å²) in [6.07, 6.45) is 1.51. The van der Waals surface area contributed by atoms with Crippen LogP contribution in [0.4, 0.5) is 5.69 Å². The Morgan fingerprint density at radius 3 is 2.77 bits per heavy atom. The van der Waals surface area contributed by atoms with Crippen LogP contribution in [0.3, 0.4) is 0 Å². The number of hydrogen-bond acceptors (Lipinski definition) is 6. The molecule has 158 valence electrons. The summed E-state index contributed by atoms with van der Waals surface area (Å²) in [7, 11) is 0. The van der Waals surface area contributed by atoms with E-state index in [1.165, 1.54) is 23.1 Å². The van der Waals surface area contributed by atoms with Gasteiger partial charge in [0.25, 0.3) is 11.6 Å². The second kappa shape index (κ2) is 7.47. The Hall–Kier alpha value is -3.23. The molecular formula is C22H17ClN2O6. The van der Waals surface area contributed by atoms with E-state index >= 15 is 0 Å². The van der Waals surface area contributed by atoms with Crippen LogP contribution in [0.25, 0.3) is 11.0 Å². The number of amides is 1. The Morgan fingerprint density at radius 1 is 1.19 bits per heavy atom. The molecule has 0 aliphatic carbocycles. The minimum atomic E-state index is -0.814. The lowest BCUT2D eigenvalue weighted by Crippen LogP contribution is -2.36. The lowest BCUT2D eigenvalue weighted by molar-refractivity contribution is -0.384. The number of fused-ring (bicyclic) bond motifs is 2. The molecule has 2 aliphatic rings. The van der Waals surface area contributed by atoms with Gasteiger partial charge in [0.2, 0.25) is 5.76 Å². The summed E-state index contributed by atoms with van der Waals surface area (Å²) < 4.78 is 11.6. The molecule has 8 nitrogen and oxygen atoms in total. The predicted octanol–water partition coefficient (Wildman–Crippen LogP) is 4.08. The van der Waals surface area contributed by atoms with E-state index in [4.69, 9.17) is 20.8 Å². The van der Waals surface area contributed by atoms with E-state index in [0.29, 0.717) is 17.2 Å². The summed E-state index contributed by atoms with van der Waals surface area (Å²) in [6.45, 7) is 0.869. The number of rotatable bonds is 4. The van der Waals surface area contributed by atoms with Gasteiger partial charge in [-0.3, -0.25) is 19.7 Å². The molecule has 0 bridgehead atoms. The van der Waals surface area contributed by atoms with E-state index in [2.05, 4.69) is 0 Å². The second-order valence-electron chi connectivity index (χ2n) is 7.66. The van der Waals surface area contributed by atoms with Gasteiger partial charge in [-0.15, -0.1) is 0 Å². The van der Waals surface area contributed by atoms with Crippen LogP contribution in [-0.4, -0.2) is 35.0 Å². The van der Waals surface area contributed by atoms with Gasteiger partial charge in [0.15, 0.2) is 5.43 Å². The number of carbonyl (C=O) groups excluding carboxylic acids is 1. The Labute approximate surface area is 181 Å². The number of hydrogen-bond donors (Lipinski definition) is 0. The number of nitro benzene ring substituents is 1. The van der Waals surface area contributed by atoms with Gasteiger partial charge < -0.3 is 14.1 Å². The SMILES string of the molecule is O=C1c2oc3ccc(Cl)cc3c(=O)c2C(c2cccc([N+](=O)[O-])c2)N1CC1CCCO1. The molecule has 0 radical (unpaired) electrons. The number of ether oxygens (including phenoxy) is 1. The minimum Gasteiger partial charge on any atom is -0.450 e. The molecule has 2 aliphatic heterocycles. The summed E-state index contributed by atoms with van der Waals surface area (Å²) in [5.41, 5.74) is 0.395. The smallest absolute Gasteiger partial charge is 0.291 e. The van der Waals surface area contributed by atoms with Crippen molar-refractivity contribution in [2.75, 3.05) is 13.2 Å². The van der Waals surface area contributed by atoms with Crippen LogP contribution in [0.15, 0.2) is 51.7 Å². The third kappa shape index (κ3) is 3.28. The van der Waals surface area contributed by atoms with Crippen LogP contribution >= 0.6 is 11.6 Å². The quantitative estimate of drug-likeness (QED) is 0.447. The molecule has 3 aromatic rings. The van der Waals surface area contributed by atoms with Crippen molar-refractivity contribution < 1.29 is 18.9 Å². The number of non-ortho nitro benzene ring substituents is 1. The lowest BCUT2D eigenvalue weighted by Gasteiger charge is -2.27. The van der Waals surface area contributed by atoms with Crippen molar-refractivity contribution in [1.82, 2.24) is 4.90 Å². The van der Waals surface area contributed by atoms with Crippen LogP contribution in [0, 0.1) is 10.1 Å². The second-order valence-corrected chi connectivity index (χ2v) is 8.10. The maximum atomic E-state index is 13.4. The van der Waals surface area contributed by atoms with Gasteiger partial charge in [0.1, 0.15) is 5.58 Å². The molecule has 3 heterocycles. The van der Waals surface area contributed by atoms with Gasteiger partial charge in [0.05, 0.1) is 28.0 Å². The van der Waals surface area contributed by atoms with Crippen molar-refractivity contribution in [3.05, 3.63) is 84.7 Å². The van der Waals surface area contributed by atoms with E-state index < -0.39 is 16.9 Å². The molecular weight excluding hydrogens is 424 g/mol. The van der Waals surface area contributed by atoms with Gasteiger partial charge in [-0.05, 0) is 36.6 Å². The van der Waals surface area contributed by atoms with Crippen LogP contribution in [0.2, 0.25) is 5.02 Å².